The summed E-state index contributed by atoms with van der Waals surface area (Å²) in [5.41, 5.74) is 1.93. The zero-order valence-electron chi connectivity index (χ0n) is 21.5. The van der Waals surface area contributed by atoms with Gasteiger partial charge in [-0.15, -0.1) is 0 Å². The molecule has 2 amide bonds. The predicted molar refractivity (Wildman–Crippen MR) is 136 cm³/mol. The van der Waals surface area contributed by atoms with E-state index < -0.39 is 0 Å². The molecule has 0 bridgehead atoms. The Balaban J connectivity index is 1.62. The number of hydrogen-bond acceptors (Lipinski definition) is 5. The van der Waals surface area contributed by atoms with Gasteiger partial charge in [-0.25, -0.2) is 4.39 Å². The number of amides is 2. The summed E-state index contributed by atoms with van der Waals surface area (Å²) in [6, 6.07) is 11.8. The lowest BCUT2D eigenvalue weighted by Gasteiger charge is -2.36. The number of ether oxygens (including phenoxy) is 2. The molecule has 3 atom stereocenters. The number of nitrogens with one attached hydrogen (secondary N) is 1. The Morgan fingerprint density at radius 2 is 1.94 bits per heavy atom. The van der Waals surface area contributed by atoms with Gasteiger partial charge < -0.3 is 19.7 Å². The number of fused-ring (bicyclic) bond motifs is 1. The fourth-order valence-electron chi connectivity index (χ4n) is 4.60. The van der Waals surface area contributed by atoms with Gasteiger partial charge in [0.2, 0.25) is 5.91 Å². The van der Waals surface area contributed by atoms with Crippen molar-refractivity contribution in [2.75, 3.05) is 39.2 Å². The lowest BCUT2D eigenvalue weighted by molar-refractivity contribution is -0.117. The minimum Gasteiger partial charge on any atom is -0.491 e. The van der Waals surface area contributed by atoms with Crippen molar-refractivity contribution >= 4 is 17.5 Å². The smallest absolute Gasteiger partial charge is 0.257 e. The van der Waals surface area contributed by atoms with Gasteiger partial charge in [-0.3, -0.25) is 14.5 Å². The van der Waals surface area contributed by atoms with Crippen LogP contribution in [0.15, 0.2) is 42.5 Å². The summed E-state index contributed by atoms with van der Waals surface area (Å²) < 4.78 is 25.9. The lowest BCUT2D eigenvalue weighted by Crippen LogP contribution is -2.46. The van der Waals surface area contributed by atoms with E-state index in [1.807, 2.05) is 6.07 Å². The molecule has 194 valence electrons. The van der Waals surface area contributed by atoms with Crippen LogP contribution < -0.4 is 10.1 Å². The fourth-order valence-corrected chi connectivity index (χ4v) is 4.60. The van der Waals surface area contributed by atoms with E-state index in [0.717, 1.165) is 18.4 Å². The molecule has 1 saturated carbocycles. The SMILES string of the molecule is CO[C@H]1CN(C)C(=O)c2ccc(NC(=O)C3CC3)cc2OC[C@@H](C)N(Cc2cccc(F)c2)C[C@H]1C. The number of rotatable bonds is 5. The topological polar surface area (TPSA) is 71.1 Å². The molecular weight excluding hydrogens is 461 g/mol. The maximum Gasteiger partial charge on any atom is 0.257 e. The van der Waals surface area contributed by atoms with Crippen molar-refractivity contribution in [1.29, 1.82) is 0 Å². The van der Waals surface area contributed by atoms with E-state index in [2.05, 4.69) is 24.1 Å². The van der Waals surface area contributed by atoms with Crippen LogP contribution in [-0.2, 0) is 16.1 Å². The van der Waals surface area contributed by atoms with Gasteiger partial charge in [-0.05, 0) is 55.5 Å². The second kappa shape index (κ2) is 11.4. The first kappa shape index (κ1) is 26.1. The molecule has 8 heteroatoms. The van der Waals surface area contributed by atoms with Crippen LogP contribution in [0.4, 0.5) is 10.1 Å². The lowest BCUT2D eigenvalue weighted by atomic mass is 10.0. The van der Waals surface area contributed by atoms with Gasteiger partial charge in [-0.1, -0.05) is 19.1 Å². The maximum atomic E-state index is 13.9. The third kappa shape index (κ3) is 6.42. The highest BCUT2D eigenvalue weighted by Crippen LogP contribution is 2.32. The number of hydrogen-bond donors (Lipinski definition) is 1. The first-order valence-electron chi connectivity index (χ1n) is 12.6. The average molecular weight is 498 g/mol. The Labute approximate surface area is 212 Å². The number of likely N-dealkylation sites (N-methyl/N-ethyl adjacent to an activating group) is 1. The molecule has 36 heavy (non-hydrogen) atoms. The van der Waals surface area contributed by atoms with E-state index in [4.69, 9.17) is 9.47 Å². The summed E-state index contributed by atoms with van der Waals surface area (Å²) in [6.45, 7) is 6.15. The number of carbonyl (C=O) groups excluding carboxylic acids is 2. The molecule has 1 aliphatic carbocycles. The van der Waals surface area contributed by atoms with Gasteiger partial charge in [0, 0.05) is 57.5 Å². The molecule has 0 unspecified atom stereocenters. The maximum absolute atomic E-state index is 13.9. The second-order valence-corrected chi connectivity index (χ2v) is 10.1. The molecule has 1 heterocycles. The summed E-state index contributed by atoms with van der Waals surface area (Å²) in [4.78, 5) is 29.5. The van der Waals surface area contributed by atoms with Crippen molar-refractivity contribution in [2.45, 2.75) is 45.4 Å². The number of nitrogens with zero attached hydrogens (tertiary/aromatic N) is 2. The molecule has 1 fully saturated rings. The monoisotopic (exact) mass is 497 g/mol. The van der Waals surface area contributed by atoms with Crippen LogP contribution in [-0.4, -0.2) is 67.6 Å². The number of anilines is 1. The zero-order chi connectivity index (χ0) is 25.8. The van der Waals surface area contributed by atoms with Crippen molar-refractivity contribution in [3.05, 3.63) is 59.4 Å². The van der Waals surface area contributed by atoms with Crippen molar-refractivity contribution in [1.82, 2.24) is 9.80 Å². The summed E-state index contributed by atoms with van der Waals surface area (Å²) >= 11 is 0. The highest BCUT2D eigenvalue weighted by molar-refractivity contribution is 5.99. The van der Waals surface area contributed by atoms with E-state index in [9.17, 15) is 14.0 Å². The molecule has 2 aliphatic rings. The van der Waals surface area contributed by atoms with Crippen molar-refractivity contribution in [3.8, 4) is 5.75 Å². The molecule has 0 spiro atoms. The van der Waals surface area contributed by atoms with Crippen molar-refractivity contribution in [2.24, 2.45) is 11.8 Å². The van der Waals surface area contributed by atoms with E-state index in [0.29, 0.717) is 43.2 Å². The van der Waals surface area contributed by atoms with Crippen LogP contribution in [0.25, 0.3) is 0 Å². The Morgan fingerprint density at radius 3 is 2.64 bits per heavy atom. The minimum atomic E-state index is -0.261. The zero-order valence-corrected chi connectivity index (χ0v) is 21.5. The van der Waals surface area contributed by atoms with Gasteiger partial charge in [0.05, 0.1) is 11.7 Å². The van der Waals surface area contributed by atoms with Gasteiger partial charge in [0.1, 0.15) is 18.2 Å². The first-order valence-corrected chi connectivity index (χ1v) is 12.6. The molecule has 2 aromatic carbocycles. The highest BCUT2D eigenvalue weighted by atomic mass is 19.1. The number of halogens is 1. The summed E-state index contributed by atoms with van der Waals surface area (Å²) in [5, 5.41) is 2.94. The molecular formula is C28H36FN3O4. The largest absolute Gasteiger partial charge is 0.491 e. The second-order valence-electron chi connectivity index (χ2n) is 10.1. The molecule has 0 aromatic heterocycles. The average Bonchev–Trinajstić information content (AvgIpc) is 3.70. The molecule has 7 nitrogen and oxygen atoms in total. The third-order valence-corrected chi connectivity index (χ3v) is 7.07. The first-order chi connectivity index (χ1) is 17.2. The van der Waals surface area contributed by atoms with E-state index in [-0.39, 0.29) is 41.6 Å². The molecule has 0 radical (unpaired) electrons. The standard InChI is InChI=1S/C28H36FN3O4/c1-18-14-32(15-20-6-5-7-22(29)12-20)19(2)17-36-25-13-23(30-27(33)21-8-9-21)10-11-24(25)28(34)31(3)16-26(18)35-4/h5-7,10-13,18-19,21,26H,8-9,14-17H2,1-4H3,(H,30,33)/t18-,19-,26+/m1/s1. The Hall–Kier alpha value is -2.97. The predicted octanol–water partition coefficient (Wildman–Crippen LogP) is 4.18. The van der Waals surface area contributed by atoms with Crippen LogP contribution >= 0.6 is 0 Å². The highest BCUT2D eigenvalue weighted by Gasteiger charge is 2.31. The van der Waals surface area contributed by atoms with Crippen LogP contribution in [0.2, 0.25) is 0 Å². The Bertz CT molecular complexity index is 1090. The Kier molecular flexibility index (Phi) is 8.26. The van der Waals surface area contributed by atoms with Crippen LogP contribution in [0, 0.1) is 17.7 Å². The molecule has 1 aliphatic heterocycles. The summed E-state index contributed by atoms with van der Waals surface area (Å²) in [5.74, 6) is 0.190. The van der Waals surface area contributed by atoms with E-state index >= 15 is 0 Å². The Morgan fingerprint density at radius 1 is 1.17 bits per heavy atom. The summed E-state index contributed by atoms with van der Waals surface area (Å²) in [6.07, 6.45) is 1.64. The van der Waals surface area contributed by atoms with Gasteiger partial charge in [0.25, 0.3) is 5.91 Å². The van der Waals surface area contributed by atoms with Crippen molar-refractivity contribution in [3.63, 3.8) is 0 Å². The third-order valence-electron chi connectivity index (χ3n) is 7.07. The number of benzene rings is 2. The fraction of sp³-hybridized carbons (Fsp3) is 0.500. The molecule has 0 saturated heterocycles. The quantitative estimate of drug-likeness (QED) is 0.671. The van der Waals surface area contributed by atoms with Crippen molar-refractivity contribution < 1.29 is 23.5 Å². The van der Waals surface area contributed by atoms with Crippen LogP contribution in [0.3, 0.4) is 0 Å². The van der Waals surface area contributed by atoms with E-state index in [1.165, 1.54) is 6.07 Å². The van der Waals surface area contributed by atoms with Crippen LogP contribution in [0.5, 0.6) is 5.75 Å². The van der Waals surface area contributed by atoms with Gasteiger partial charge in [-0.2, -0.15) is 0 Å². The molecule has 2 aromatic rings. The molecule has 4 rings (SSSR count). The van der Waals surface area contributed by atoms with Crippen LogP contribution in [0.1, 0.15) is 42.6 Å². The van der Waals surface area contributed by atoms with Gasteiger partial charge in [0.15, 0.2) is 0 Å². The summed E-state index contributed by atoms with van der Waals surface area (Å²) in [7, 11) is 3.42. The normalized spacial score (nSPS) is 23.8. The number of methoxy groups -OCH3 is 1. The minimum absolute atomic E-state index is 0.00175. The number of carbonyl (C=O) groups is 2. The van der Waals surface area contributed by atoms with E-state index in [1.54, 1.807) is 49.4 Å². The van der Waals surface area contributed by atoms with Gasteiger partial charge >= 0.3 is 0 Å². The molecule has 1 N–H and O–H groups in total.